The summed E-state index contributed by atoms with van der Waals surface area (Å²) in [4.78, 5) is 12.1. The van der Waals surface area contributed by atoms with Crippen LogP contribution in [0.3, 0.4) is 0 Å². The highest BCUT2D eigenvalue weighted by Gasteiger charge is 2.28. The third kappa shape index (κ3) is 2.10. The molecule has 1 aliphatic rings. The van der Waals surface area contributed by atoms with E-state index in [0.29, 0.717) is 13.1 Å². The van der Waals surface area contributed by atoms with Gasteiger partial charge in [0.2, 0.25) is 0 Å². The highest BCUT2D eigenvalue weighted by atomic mass is 16.4. The van der Waals surface area contributed by atoms with Crippen LogP contribution in [0.15, 0.2) is 0 Å². The summed E-state index contributed by atoms with van der Waals surface area (Å²) in [6.07, 6.45) is 1.36. The maximum absolute atomic E-state index is 10.6. The van der Waals surface area contributed by atoms with Crippen molar-refractivity contribution >= 4 is 6.09 Å². The Hall–Kier alpha value is -0.730. The van der Waals surface area contributed by atoms with E-state index in [9.17, 15) is 4.79 Å². The predicted octanol–water partition coefficient (Wildman–Crippen LogP) is 1.79. The van der Waals surface area contributed by atoms with E-state index in [4.69, 9.17) is 5.11 Å². The number of amides is 1. The van der Waals surface area contributed by atoms with Crippen LogP contribution in [0.25, 0.3) is 0 Å². The summed E-state index contributed by atoms with van der Waals surface area (Å²) in [5, 5.41) is 8.70. The second kappa shape index (κ2) is 2.72. The summed E-state index contributed by atoms with van der Waals surface area (Å²) < 4.78 is 0. The molecule has 1 saturated heterocycles. The Balaban J connectivity index is 2.53. The van der Waals surface area contributed by atoms with Gasteiger partial charge in [-0.15, -0.1) is 0 Å². The van der Waals surface area contributed by atoms with Gasteiger partial charge in [0, 0.05) is 13.1 Å². The number of hydrogen-bond donors (Lipinski definition) is 1. The van der Waals surface area contributed by atoms with Crippen LogP contribution in [0.5, 0.6) is 0 Å². The van der Waals surface area contributed by atoms with Gasteiger partial charge in [-0.2, -0.15) is 0 Å². The summed E-state index contributed by atoms with van der Waals surface area (Å²) in [7, 11) is 0. The predicted molar refractivity (Wildman–Crippen MR) is 42.6 cm³/mol. The SMILES string of the molecule is CC1(C)CCCN(C(=O)O)C1. The first kappa shape index (κ1) is 8.37. The fraction of sp³-hybridized carbons (Fsp3) is 0.875. The van der Waals surface area contributed by atoms with Crippen LogP contribution in [0.2, 0.25) is 0 Å². The maximum Gasteiger partial charge on any atom is 0.407 e. The topological polar surface area (TPSA) is 40.5 Å². The molecule has 3 nitrogen and oxygen atoms in total. The highest BCUT2D eigenvalue weighted by Crippen LogP contribution is 2.28. The Kier molecular flexibility index (Phi) is 2.07. The molecule has 0 saturated carbocycles. The van der Waals surface area contributed by atoms with E-state index in [-0.39, 0.29) is 5.41 Å². The van der Waals surface area contributed by atoms with Crippen LogP contribution in [0.1, 0.15) is 26.7 Å². The monoisotopic (exact) mass is 157 g/mol. The molecule has 1 rings (SSSR count). The van der Waals surface area contributed by atoms with Crippen molar-refractivity contribution in [3.05, 3.63) is 0 Å². The molecule has 1 amide bonds. The molecule has 1 N–H and O–H groups in total. The molecule has 0 aliphatic carbocycles. The Labute approximate surface area is 67.0 Å². The molecule has 0 bridgehead atoms. The minimum Gasteiger partial charge on any atom is -0.465 e. The Bertz CT molecular complexity index is 165. The van der Waals surface area contributed by atoms with Crippen LogP contribution in [0, 0.1) is 5.41 Å². The van der Waals surface area contributed by atoms with Crippen molar-refractivity contribution in [3.63, 3.8) is 0 Å². The quantitative estimate of drug-likeness (QED) is 0.582. The third-order valence-electron chi connectivity index (χ3n) is 2.17. The summed E-state index contributed by atoms with van der Waals surface area (Å²) in [6.45, 7) is 5.62. The van der Waals surface area contributed by atoms with Crippen molar-refractivity contribution in [1.29, 1.82) is 0 Å². The summed E-state index contributed by atoms with van der Waals surface area (Å²) in [5.41, 5.74) is 0.177. The molecule has 0 unspecified atom stereocenters. The van der Waals surface area contributed by atoms with Gasteiger partial charge in [0.25, 0.3) is 0 Å². The number of rotatable bonds is 0. The fourth-order valence-corrected chi connectivity index (χ4v) is 1.59. The largest absolute Gasteiger partial charge is 0.465 e. The summed E-state index contributed by atoms with van der Waals surface area (Å²) in [5.74, 6) is 0. The lowest BCUT2D eigenvalue weighted by Crippen LogP contribution is -2.42. The minimum absolute atomic E-state index is 0.177. The second-order valence-corrected chi connectivity index (χ2v) is 3.97. The van der Waals surface area contributed by atoms with Gasteiger partial charge in [-0.25, -0.2) is 4.79 Å². The standard InChI is InChI=1S/C8H15NO2/c1-8(2)4-3-5-9(6-8)7(10)11/h3-6H2,1-2H3,(H,10,11). The molecule has 64 valence electrons. The van der Waals surface area contributed by atoms with Gasteiger partial charge in [-0.05, 0) is 18.3 Å². The third-order valence-corrected chi connectivity index (χ3v) is 2.17. The van der Waals surface area contributed by atoms with Crippen LogP contribution in [-0.4, -0.2) is 29.2 Å². The van der Waals surface area contributed by atoms with Gasteiger partial charge < -0.3 is 10.0 Å². The molecule has 11 heavy (non-hydrogen) atoms. The van der Waals surface area contributed by atoms with Crippen molar-refractivity contribution in [2.24, 2.45) is 5.41 Å². The molecule has 1 fully saturated rings. The molecule has 0 atom stereocenters. The van der Waals surface area contributed by atoms with Crippen LogP contribution < -0.4 is 0 Å². The number of carboxylic acid groups (broad SMARTS) is 1. The average molecular weight is 157 g/mol. The van der Waals surface area contributed by atoms with Gasteiger partial charge in [-0.1, -0.05) is 13.8 Å². The molecule has 0 radical (unpaired) electrons. The van der Waals surface area contributed by atoms with Gasteiger partial charge in [0.15, 0.2) is 0 Å². The smallest absolute Gasteiger partial charge is 0.407 e. The fourth-order valence-electron chi connectivity index (χ4n) is 1.59. The van der Waals surface area contributed by atoms with Crippen LogP contribution >= 0.6 is 0 Å². The zero-order chi connectivity index (χ0) is 8.48. The molecular weight excluding hydrogens is 142 g/mol. The molecule has 0 spiro atoms. The van der Waals surface area contributed by atoms with E-state index < -0.39 is 6.09 Å². The lowest BCUT2D eigenvalue weighted by atomic mass is 9.84. The molecule has 0 aromatic heterocycles. The van der Waals surface area contributed by atoms with E-state index in [2.05, 4.69) is 13.8 Å². The molecule has 3 heteroatoms. The zero-order valence-electron chi connectivity index (χ0n) is 7.13. The first-order valence-corrected chi connectivity index (χ1v) is 3.99. The van der Waals surface area contributed by atoms with Crippen molar-refractivity contribution in [2.75, 3.05) is 13.1 Å². The van der Waals surface area contributed by atoms with Gasteiger partial charge in [0.1, 0.15) is 0 Å². The van der Waals surface area contributed by atoms with E-state index in [1.54, 1.807) is 0 Å². The van der Waals surface area contributed by atoms with E-state index in [1.165, 1.54) is 4.90 Å². The molecule has 1 aliphatic heterocycles. The van der Waals surface area contributed by atoms with Crippen LogP contribution in [-0.2, 0) is 0 Å². The highest BCUT2D eigenvalue weighted by molar-refractivity contribution is 5.65. The maximum atomic E-state index is 10.6. The number of carbonyl (C=O) groups is 1. The van der Waals surface area contributed by atoms with E-state index in [1.807, 2.05) is 0 Å². The number of likely N-dealkylation sites (tertiary alicyclic amines) is 1. The van der Waals surface area contributed by atoms with Gasteiger partial charge in [0.05, 0.1) is 0 Å². The summed E-state index contributed by atoms with van der Waals surface area (Å²) >= 11 is 0. The molecule has 0 aromatic carbocycles. The minimum atomic E-state index is -0.780. The Morgan fingerprint density at radius 1 is 1.55 bits per heavy atom. The van der Waals surface area contributed by atoms with E-state index in [0.717, 1.165) is 12.8 Å². The molecule has 1 heterocycles. The van der Waals surface area contributed by atoms with Crippen molar-refractivity contribution in [2.45, 2.75) is 26.7 Å². The Morgan fingerprint density at radius 2 is 2.18 bits per heavy atom. The second-order valence-electron chi connectivity index (χ2n) is 3.97. The van der Waals surface area contributed by atoms with Gasteiger partial charge in [-0.3, -0.25) is 0 Å². The number of piperidine rings is 1. The molecule has 0 aromatic rings. The zero-order valence-corrected chi connectivity index (χ0v) is 7.13. The number of nitrogens with zero attached hydrogens (tertiary/aromatic N) is 1. The average Bonchev–Trinajstić information content (AvgIpc) is 1.85. The first-order chi connectivity index (χ1) is 5.01. The Morgan fingerprint density at radius 3 is 2.55 bits per heavy atom. The first-order valence-electron chi connectivity index (χ1n) is 3.99. The van der Waals surface area contributed by atoms with Gasteiger partial charge >= 0.3 is 6.09 Å². The molecular formula is C8H15NO2. The summed E-state index contributed by atoms with van der Waals surface area (Å²) in [6, 6.07) is 0. The normalized spacial score (nSPS) is 23.3. The van der Waals surface area contributed by atoms with E-state index >= 15 is 0 Å². The number of hydrogen-bond acceptors (Lipinski definition) is 1. The lowest BCUT2D eigenvalue weighted by molar-refractivity contribution is 0.0948. The van der Waals surface area contributed by atoms with Crippen LogP contribution in [0.4, 0.5) is 4.79 Å². The lowest BCUT2D eigenvalue weighted by Gasteiger charge is -2.36. The van der Waals surface area contributed by atoms with Crippen molar-refractivity contribution in [1.82, 2.24) is 4.90 Å². The van der Waals surface area contributed by atoms with Crippen molar-refractivity contribution in [3.8, 4) is 0 Å². The van der Waals surface area contributed by atoms with Crippen molar-refractivity contribution < 1.29 is 9.90 Å².